The zero-order valence-electron chi connectivity index (χ0n) is 13.6. The fourth-order valence-electron chi connectivity index (χ4n) is 3.28. The number of rotatable bonds is 0. The maximum atomic E-state index is 12.8. The van der Waals surface area contributed by atoms with Gasteiger partial charge in [0.2, 0.25) is 0 Å². The van der Waals surface area contributed by atoms with E-state index in [4.69, 9.17) is 0 Å². The predicted octanol–water partition coefficient (Wildman–Crippen LogP) is 4.21. The number of nitrogens with zero attached hydrogens (tertiary/aromatic N) is 1. The first-order chi connectivity index (χ1) is 12.7. The van der Waals surface area contributed by atoms with Crippen molar-refractivity contribution in [3.05, 3.63) is 77.9 Å². The van der Waals surface area contributed by atoms with Crippen LogP contribution in [0.15, 0.2) is 66.7 Å². The van der Waals surface area contributed by atoms with Gasteiger partial charge in [-0.3, -0.25) is 9.59 Å². The van der Waals surface area contributed by atoms with Crippen LogP contribution < -0.4 is 10.6 Å². The van der Waals surface area contributed by atoms with E-state index in [2.05, 4.69) is 15.6 Å². The first-order valence-electron chi connectivity index (χ1n) is 8.24. The molecule has 0 saturated carbocycles. The van der Waals surface area contributed by atoms with Crippen LogP contribution in [0.2, 0.25) is 0 Å². The average molecular weight is 339 g/mol. The Labute approximate surface area is 148 Å². The lowest BCUT2D eigenvalue weighted by atomic mass is 10.0. The molecule has 1 aromatic heterocycles. The number of hydrogen-bond acceptors (Lipinski definition) is 3. The van der Waals surface area contributed by atoms with E-state index in [0.717, 1.165) is 21.7 Å². The van der Waals surface area contributed by atoms with E-state index in [1.165, 1.54) is 0 Å². The fraction of sp³-hybridized carbons (Fsp3) is 0. The summed E-state index contributed by atoms with van der Waals surface area (Å²) >= 11 is 0. The van der Waals surface area contributed by atoms with Crippen LogP contribution in [0.1, 0.15) is 20.7 Å². The van der Waals surface area contributed by atoms with E-state index < -0.39 is 0 Å². The van der Waals surface area contributed by atoms with Gasteiger partial charge in [-0.15, -0.1) is 0 Å². The van der Waals surface area contributed by atoms with Gasteiger partial charge in [0.05, 0.1) is 22.3 Å². The van der Waals surface area contributed by atoms with Crippen LogP contribution in [-0.4, -0.2) is 16.8 Å². The topological polar surface area (TPSA) is 71.1 Å². The Kier molecular flexibility index (Phi) is 3.03. The van der Waals surface area contributed by atoms with Crippen molar-refractivity contribution in [2.45, 2.75) is 0 Å². The van der Waals surface area contributed by atoms with Crippen molar-refractivity contribution in [1.29, 1.82) is 0 Å². The number of nitrogens with one attached hydrogen (secondary N) is 2. The number of amides is 2. The van der Waals surface area contributed by atoms with Crippen molar-refractivity contribution >= 4 is 45.0 Å². The predicted molar refractivity (Wildman–Crippen MR) is 102 cm³/mol. The standard InChI is InChI=1S/C21H13N3O2/c25-20-15-9-12-5-1-2-6-13(12)11-18(15)23-21(26)16-10-14-7-3-4-8-17(14)22-19(16)24-20/h1-11H,(H,23,26)(H,22,24,25). The summed E-state index contributed by atoms with van der Waals surface area (Å²) in [6, 6.07) is 20.6. The SMILES string of the molecule is O=C1Nc2nc3ccccc3cc2C(=O)Nc2cc3ccccc3cc21. The quantitative estimate of drug-likeness (QED) is 0.504. The molecule has 26 heavy (non-hydrogen) atoms. The van der Waals surface area contributed by atoms with Gasteiger partial charge in [0.15, 0.2) is 0 Å². The Bertz CT molecular complexity index is 1130. The summed E-state index contributed by atoms with van der Waals surface area (Å²) in [5.41, 5.74) is 1.97. The number of hydrogen-bond donors (Lipinski definition) is 2. The third-order valence-electron chi connectivity index (χ3n) is 4.58. The minimum absolute atomic E-state index is 0.269. The van der Waals surface area contributed by atoms with E-state index in [-0.39, 0.29) is 17.6 Å². The van der Waals surface area contributed by atoms with E-state index in [1.54, 1.807) is 12.1 Å². The van der Waals surface area contributed by atoms with Crippen molar-refractivity contribution in [3.8, 4) is 0 Å². The highest BCUT2D eigenvalue weighted by molar-refractivity contribution is 6.20. The summed E-state index contributed by atoms with van der Waals surface area (Å²) in [4.78, 5) is 30.1. The Balaban J connectivity index is 1.71. The molecule has 2 N–H and O–H groups in total. The highest BCUT2D eigenvalue weighted by Gasteiger charge is 2.24. The highest BCUT2D eigenvalue weighted by atomic mass is 16.2. The molecule has 0 saturated heterocycles. The molecule has 0 atom stereocenters. The minimum atomic E-state index is -0.296. The Morgan fingerprint density at radius 1 is 0.654 bits per heavy atom. The van der Waals surface area contributed by atoms with Gasteiger partial charge >= 0.3 is 0 Å². The third-order valence-corrected chi connectivity index (χ3v) is 4.58. The van der Waals surface area contributed by atoms with Gasteiger partial charge in [-0.25, -0.2) is 4.98 Å². The molecule has 2 amide bonds. The lowest BCUT2D eigenvalue weighted by molar-refractivity contribution is 0.102. The number of para-hydroxylation sites is 1. The summed E-state index contributed by atoms with van der Waals surface area (Å²) < 4.78 is 0. The van der Waals surface area contributed by atoms with Crippen molar-refractivity contribution in [1.82, 2.24) is 4.98 Å². The molecule has 3 aromatic carbocycles. The van der Waals surface area contributed by atoms with Crippen LogP contribution >= 0.6 is 0 Å². The fourth-order valence-corrected chi connectivity index (χ4v) is 3.28. The number of aromatic nitrogens is 1. The van der Waals surface area contributed by atoms with Crippen molar-refractivity contribution < 1.29 is 9.59 Å². The van der Waals surface area contributed by atoms with Crippen LogP contribution in [0.3, 0.4) is 0 Å². The van der Waals surface area contributed by atoms with Gasteiger partial charge < -0.3 is 10.6 Å². The van der Waals surface area contributed by atoms with E-state index >= 15 is 0 Å². The van der Waals surface area contributed by atoms with Crippen LogP contribution in [0.5, 0.6) is 0 Å². The maximum absolute atomic E-state index is 12.8. The first kappa shape index (κ1) is 14.6. The molecule has 124 valence electrons. The average Bonchev–Trinajstić information content (AvgIpc) is 2.66. The van der Waals surface area contributed by atoms with E-state index in [9.17, 15) is 9.59 Å². The van der Waals surface area contributed by atoms with Gasteiger partial charge in [0.25, 0.3) is 11.8 Å². The highest BCUT2D eigenvalue weighted by Crippen LogP contribution is 2.29. The Morgan fingerprint density at radius 3 is 2.08 bits per heavy atom. The van der Waals surface area contributed by atoms with Gasteiger partial charge in [0.1, 0.15) is 5.82 Å². The second-order valence-electron chi connectivity index (χ2n) is 6.23. The van der Waals surface area contributed by atoms with Crippen molar-refractivity contribution in [2.75, 3.05) is 10.6 Å². The molecule has 0 bridgehead atoms. The van der Waals surface area contributed by atoms with E-state index in [0.29, 0.717) is 16.8 Å². The van der Waals surface area contributed by atoms with Gasteiger partial charge in [-0.2, -0.15) is 0 Å². The third kappa shape index (κ3) is 2.22. The van der Waals surface area contributed by atoms with Crippen molar-refractivity contribution in [2.24, 2.45) is 0 Å². The van der Waals surface area contributed by atoms with Crippen LogP contribution in [0.4, 0.5) is 11.5 Å². The number of fused-ring (bicyclic) bond motifs is 4. The summed E-state index contributed by atoms with van der Waals surface area (Å²) in [7, 11) is 0. The second kappa shape index (κ2) is 5.39. The number of pyridine rings is 1. The first-order valence-corrected chi connectivity index (χ1v) is 8.24. The maximum Gasteiger partial charge on any atom is 0.259 e. The molecule has 2 heterocycles. The van der Waals surface area contributed by atoms with Crippen LogP contribution in [0.25, 0.3) is 21.7 Å². The number of anilines is 2. The molecule has 1 aliphatic rings. The largest absolute Gasteiger partial charge is 0.321 e. The number of carbonyl (C=O) groups excluding carboxylic acids is 2. The summed E-state index contributed by atoms with van der Waals surface area (Å²) in [6.45, 7) is 0. The zero-order valence-corrected chi connectivity index (χ0v) is 13.6. The summed E-state index contributed by atoms with van der Waals surface area (Å²) in [5.74, 6) is -0.324. The molecule has 0 spiro atoms. The monoisotopic (exact) mass is 339 g/mol. The molecule has 4 aromatic rings. The van der Waals surface area contributed by atoms with Gasteiger partial charge in [-0.05, 0) is 35.0 Å². The minimum Gasteiger partial charge on any atom is -0.321 e. The molecule has 0 aliphatic carbocycles. The molecule has 5 nitrogen and oxygen atoms in total. The van der Waals surface area contributed by atoms with Gasteiger partial charge in [0, 0.05) is 5.39 Å². The molecule has 1 aliphatic heterocycles. The van der Waals surface area contributed by atoms with E-state index in [1.807, 2.05) is 54.6 Å². The van der Waals surface area contributed by atoms with Crippen LogP contribution in [0, 0.1) is 0 Å². The Hall–Kier alpha value is -3.73. The smallest absolute Gasteiger partial charge is 0.259 e. The number of benzene rings is 3. The summed E-state index contributed by atoms with van der Waals surface area (Å²) in [5, 5.41) is 8.39. The molecule has 0 fully saturated rings. The number of carbonyl (C=O) groups is 2. The lowest BCUT2D eigenvalue weighted by Gasteiger charge is -2.18. The van der Waals surface area contributed by atoms with Crippen molar-refractivity contribution in [3.63, 3.8) is 0 Å². The molecule has 5 rings (SSSR count). The Morgan fingerprint density at radius 2 is 1.27 bits per heavy atom. The van der Waals surface area contributed by atoms with Crippen LogP contribution in [-0.2, 0) is 0 Å². The molecule has 0 radical (unpaired) electrons. The van der Waals surface area contributed by atoms with Gasteiger partial charge in [-0.1, -0.05) is 42.5 Å². The normalized spacial score (nSPS) is 13.4. The molecule has 5 heteroatoms. The summed E-state index contributed by atoms with van der Waals surface area (Å²) in [6.07, 6.45) is 0. The zero-order chi connectivity index (χ0) is 17.7. The lowest BCUT2D eigenvalue weighted by Crippen LogP contribution is -2.25. The molecular formula is C21H13N3O2. The second-order valence-corrected chi connectivity index (χ2v) is 6.23. The molecular weight excluding hydrogens is 326 g/mol. The molecule has 0 unspecified atom stereocenters.